The predicted molar refractivity (Wildman–Crippen MR) is 82.8 cm³/mol. The molecule has 1 atom stereocenters. The van der Waals surface area contributed by atoms with Crippen LogP contribution in [0.1, 0.15) is 29.6 Å². The molecule has 1 saturated carbocycles. The van der Waals surface area contributed by atoms with Gasteiger partial charge in [0.1, 0.15) is 11.1 Å². The molecule has 1 aliphatic carbocycles. The van der Waals surface area contributed by atoms with Crippen LogP contribution in [0.2, 0.25) is 0 Å². The first kappa shape index (κ1) is 13.7. The summed E-state index contributed by atoms with van der Waals surface area (Å²) in [6, 6.07) is 10.5. The second kappa shape index (κ2) is 6.04. The first-order valence-corrected chi connectivity index (χ1v) is 7.87. The van der Waals surface area contributed by atoms with Gasteiger partial charge in [0.2, 0.25) is 0 Å². The van der Waals surface area contributed by atoms with Gasteiger partial charge in [0, 0.05) is 13.7 Å². The Morgan fingerprint density at radius 2 is 2.10 bits per heavy atom. The standard InChI is InChI=1S/C16H20N2OS/c1-17-10-13-15(12-6-4-3-5-7-12)20-16(18-13)14(19-2)11-8-9-11/h3-7,11,14,17H,8-10H2,1-2H3. The number of nitrogens with zero attached hydrogens (tertiary/aromatic N) is 1. The van der Waals surface area contributed by atoms with Crippen LogP contribution in [-0.4, -0.2) is 19.1 Å². The second-order valence-electron chi connectivity index (χ2n) is 5.22. The van der Waals surface area contributed by atoms with Gasteiger partial charge in [-0.25, -0.2) is 4.98 Å². The number of ether oxygens (including phenoxy) is 1. The normalized spacial score (nSPS) is 16.3. The van der Waals surface area contributed by atoms with E-state index < -0.39 is 0 Å². The van der Waals surface area contributed by atoms with Crippen molar-refractivity contribution in [3.05, 3.63) is 41.0 Å². The van der Waals surface area contributed by atoms with E-state index in [-0.39, 0.29) is 6.10 Å². The van der Waals surface area contributed by atoms with Crippen LogP contribution in [0.25, 0.3) is 10.4 Å². The molecule has 0 aliphatic heterocycles. The van der Waals surface area contributed by atoms with E-state index in [9.17, 15) is 0 Å². The molecule has 0 saturated heterocycles. The van der Waals surface area contributed by atoms with E-state index in [0.717, 1.165) is 17.2 Å². The smallest absolute Gasteiger partial charge is 0.123 e. The van der Waals surface area contributed by atoms with Crippen LogP contribution in [0.4, 0.5) is 0 Å². The quantitative estimate of drug-likeness (QED) is 0.881. The number of rotatable bonds is 6. The summed E-state index contributed by atoms with van der Waals surface area (Å²) in [6.45, 7) is 0.793. The molecule has 2 aromatic rings. The maximum absolute atomic E-state index is 5.67. The number of methoxy groups -OCH3 is 1. The number of aromatic nitrogens is 1. The molecule has 1 aromatic heterocycles. The van der Waals surface area contributed by atoms with Crippen molar-refractivity contribution in [3.63, 3.8) is 0 Å². The summed E-state index contributed by atoms with van der Waals surface area (Å²) in [7, 11) is 3.76. The zero-order valence-corrected chi connectivity index (χ0v) is 12.7. The first-order chi connectivity index (χ1) is 9.83. The highest BCUT2D eigenvalue weighted by molar-refractivity contribution is 7.15. The number of thiazole rings is 1. The number of hydrogen-bond acceptors (Lipinski definition) is 4. The minimum Gasteiger partial charge on any atom is -0.374 e. The van der Waals surface area contributed by atoms with Gasteiger partial charge >= 0.3 is 0 Å². The number of nitrogens with one attached hydrogen (secondary N) is 1. The lowest BCUT2D eigenvalue weighted by Gasteiger charge is -2.10. The summed E-state index contributed by atoms with van der Waals surface area (Å²) < 4.78 is 5.67. The fourth-order valence-electron chi connectivity index (χ4n) is 2.49. The molecular weight excluding hydrogens is 268 g/mol. The SMILES string of the molecule is CNCc1nc(C(OC)C2CC2)sc1-c1ccccc1. The zero-order chi connectivity index (χ0) is 13.9. The Kier molecular flexibility index (Phi) is 4.15. The fraction of sp³-hybridized carbons (Fsp3) is 0.438. The van der Waals surface area contributed by atoms with Crippen LogP contribution in [0.5, 0.6) is 0 Å². The van der Waals surface area contributed by atoms with E-state index in [1.54, 1.807) is 18.4 Å². The predicted octanol–water partition coefficient (Wildman–Crippen LogP) is 3.63. The highest BCUT2D eigenvalue weighted by atomic mass is 32.1. The summed E-state index contributed by atoms with van der Waals surface area (Å²) in [4.78, 5) is 6.10. The van der Waals surface area contributed by atoms with Crippen LogP contribution in [0.15, 0.2) is 30.3 Å². The molecule has 1 unspecified atom stereocenters. The van der Waals surface area contributed by atoms with Gasteiger partial charge in [-0.3, -0.25) is 0 Å². The Bertz CT molecular complexity index is 563. The first-order valence-electron chi connectivity index (χ1n) is 7.06. The molecule has 0 radical (unpaired) electrons. The highest BCUT2D eigenvalue weighted by Gasteiger charge is 2.35. The number of benzene rings is 1. The van der Waals surface area contributed by atoms with Gasteiger partial charge in [-0.1, -0.05) is 30.3 Å². The van der Waals surface area contributed by atoms with Gasteiger partial charge in [0.15, 0.2) is 0 Å². The van der Waals surface area contributed by atoms with Gasteiger partial charge in [0.05, 0.1) is 10.6 Å². The molecule has 1 aromatic carbocycles. The van der Waals surface area contributed by atoms with Crippen molar-refractivity contribution in [3.8, 4) is 10.4 Å². The molecular formula is C16H20N2OS. The molecule has 1 fully saturated rings. The van der Waals surface area contributed by atoms with Crippen molar-refractivity contribution in [2.24, 2.45) is 5.92 Å². The van der Waals surface area contributed by atoms with Gasteiger partial charge in [-0.05, 0) is 31.4 Å². The van der Waals surface area contributed by atoms with Gasteiger partial charge in [-0.2, -0.15) is 0 Å². The lowest BCUT2D eigenvalue weighted by Crippen LogP contribution is -2.08. The van der Waals surface area contributed by atoms with Crippen LogP contribution in [0, 0.1) is 5.92 Å². The van der Waals surface area contributed by atoms with Crippen molar-refractivity contribution in [2.75, 3.05) is 14.2 Å². The van der Waals surface area contributed by atoms with E-state index >= 15 is 0 Å². The van der Waals surface area contributed by atoms with E-state index in [4.69, 9.17) is 9.72 Å². The van der Waals surface area contributed by atoms with E-state index in [2.05, 4.69) is 29.6 Å². The largest absolute Gasteiger partial charge is 0.374 e. The Hall–Kier alpha value is -1.23. The van der Waals surface area contributed by atoms with Crippen molar-refractivity contribution < 1.29 is 4.74 Å². The molecule has 0 spiro atoms. The third kappa shape index (κ3) is 2.77. The third-order valence-corrected chi connectivity index (χ3v) is 4.85. The Balaban J connectivity index is 1.97. The molecule has 106 valence electrons. The van der Waals surface area contributed by atoms with E-state index in [1.807, 2.05) is 13.1 Å². The summed E-state index contributed by atoms with van der Waals surface area (Å²) in [6.07, 6.45) is 2.70. The van der Waals surface area contributed by atoms with Gasteiger partial charge in [-0.15, -0.1) is 11.3 Å². The Morgan fingerprint density at radius 1 is 1.35 bits per heavy atom. The van der Waals surface area contributed by atoms with E-state index in [1.165, 1.54) is 23.3 Å². The summed E-state index contributed by atoms with van der Waals surface area (Å²) >= 11 is 1.78. The molecule has 20 heavy (non-hydrogen) atoms. The number of hydrogen-bond donors (Lipinski definition) is 1. The average molecular weight is 288 g/mol. The van der Waals surface area contributed by atoms with Crippen molar-refractivity contribution in [1.82, 2.24) is 10.3 Å². The Labute approximate surface area is 124 Å². The van der Waals surface area contributed by atoms with Crippen LogP contribution >= 0.6 is 11.3 Å². The molecule has 0 amide bonds. The second-order valence-corrected chi connectivity index (χ2v) is 6.25. The van der Waals surface area contributed by atoms with Crippen molar-refractivity contribution >= 4 is 11.3 Å². The van der Waals surface area contributed by atoms with Gasteiger partial charge < -0.3 is 10.1 Å². The fourth-order valence-corrected chi connectivity index (χ4v) is 3.75. The molecule has 3 rings (SSSR count). The summed E-state index contributed by atoms with van der Waals surface area (Å²) in [5.41, 5.74) is 2.37. The Morgan fingerprint density at radius 3 is 2.70 bits per heavy atom. The van der Waals surface area contributed by atoms with Crippen LogP contribution in [-0.2, 0) is 11.3 Å². The summed E-state index contributed by atoms with van der Waals surface area (Å²) in [5, 5.41) is 4.34. The molecule has 1 heterocycles. The minimum atomic E-state index is 0.174. The van der Waals surface area contributed by atoms with Gasteiger partial charge in [0.25, 0.3) is 0 Å². The lowest BCUT2D eigenvalue weighted by atomic mass is 10.1. The average Bonchev–Trinajstić information content (AvgIpc) is 3.22. The minimum absolute atomic E-state index is 0.174. The highest BCUT2D eigenvalue weighted by Crippen LogP contribution is 2.45. The van der Waals surface area contributed by atoms with Crippen molar-refractivity contribution in [2.45, 2.75) is 25.5 Å². The zero-order valence-electron chi connectivity index (χ0n) is 11.9. The van der Waals surface area contributed by atoms with Crippen LogP contribution < -0.4 is 5.32 Å². The molecule has 3 nitrogen and oxygen atoms in total. The third-order valence-electron chi connectivity index (χ3n) is 3.64. The molecule has 1 aliphatic rings. The molecule has 1 N–H and O–H groups in total. The van der Waals surface area contributed by atoms with Crippen LogP contribution in [0.3, 0.4) is 0 Å². The lowest BCUT2D eigenvalue weighted by molar-refractivity contribution is 0.0842. The maximum atomic E-state index is 5.67. The monoisotopic (exact) mass is 288 g/mol. The van der Waals surface area contributed by atoms with E-state index in [0.29, 0.717) is 5.92 Å². The molecule has 4 heteroatoms. The maximum Gasteiger partial charge on any atom is 0.123 e. The van der Waals surface area contributed by atoms with Crippen molar-refractivity contribution in [1.29, 1.82) is 0 Å². The molecule has 0 bridgehead atoms. The topological polar surface area (TPSA) is 34.2 Å². The summed E-state index contributed by atoms with van der Waals surface area (Å²) in [5.74, 6) is 0.664.